The quantitative estimate of drug-likeness (QED) is 0.388. The minimum absolute atomic E-state index is 0.249. The van der Waals surface area contributed by atoms with E-state index in [2.05, 4.69) is 26.6 Å². The zero-order valence-electron chi connectivity index (χ0n) is 18.3. The lowest BCUT2D eigenvalue weighted by Gasteiger charge is -2.42. The molecule has 3 amide bonds. The van der Waals surface area contributed by atoms with E-state index in [1.54, 1.807) is 54.6 Å². The van der Waals surface area contributed by atoms with Crippen LogP contribution in [0.4, 0.5) is 16.2 Å². The maximum Gasteiger partial charge on any atom is 0.329 e. The Morgan fingerprint density at radius 1 is 1.15 bits per heavy atom. The van der Waals surface area contributed by atoms with Gasteiger partial charge in [0.05, 0.1) is 12.3 Å². The van der Waals surface area contributed by atoms with Gasteiger partial charge in [-0.1, -0.05) is 39.7 Å². The van der Waals surface area contributed by atoms with Crippen molar-refractivity contribution in [2.24, 2.45) is 0 Å². The third-order valence-corrected chi connectivity index (χ3v) is 6.21. The van der Waals surface area contributed by atoms with Gasteiger partial charge in [0.1, 0.15) is 5.75 Å². The predicted octanol–water partition coefficient (Wildman–Crippen LogP) is 5.06. The summed E-state index contributed by atoms with van der Waals surface area (Å²) in [4.78, 5) is 27.7. The summed E-state index contributed by atoms with van der Waals surface area (Å²) >= 11 is 9.33. The van der Waals surface area contributed by atoms with E-state index in [4.69, 9.17) is 16.3 Å². The van der Waals surface area contributed by atoms with Gasteiger partial charge in [0.2, 0.25) is 0 Å². The molecule has 34 heavy (non-hydrogen) atoms. The van der Waals surface area contributed by atoms with Gasteiger partial charge in [0.25, 0.3) is 11.6 Å². The minimum Gasteiger partial charge on any atom is -0.494 e. The van der Waals surface area contributed by atoms with E-state index in [1.165, 1.54) is 0 Å². The summed E-state index contributed by atoms with van der Waals surface area (Å²) in [5.41, 5.74) is -0.370. The summed E-state index contributed by atoms with van der Waals surface area (Å²) in [6.07, 6.45) is 0.527. The third kappa shape index (κ3) is 4.75. The normalized spacial score (nSPS) is 17.1. The third-order valence-electron chi connectivity index (χ3n) is 5.46. The van der Waals surface area contributed by atoms with E-state index in [-0.39, 0.29) is 12.1 Å². The van der Waals surface area contributed by atoms with Crippen LogP contribution in [0.5, 0.6) is 5.75 Å². The number of rotatable bonds is 7. The van der Waals surface area contributed by atoms with Crippen molar-refractivity contribution >= 4 is 50.8 Å². The number of nitrogens with zero attached hydrogens (tertiary/aromatic N) is 1. The Hall–Kier alpha value is -3.07. The number of fused-ring (bicyclic) bond motifs is 1. The van der Waals surface area contributed by atoms with Crippen LogP contribution in [0.2, 0.25) is 5.02 Å². The van der Waals surface area contributed by atoms with Gasteiger partial charge in [0, 0.05) is 27.3 Å². The van der Waals surface area contributed by atoms with Crippen molar-refractivity contribution in [1.82, 2.24) is 5.32 Å². The van der Waals surface area contributed by atoms with E-state index >= 15 is 0 Å². The van der Waals surface area contributed by atoms with Gasteiger partial charge in [-0.2, -0.15) is 0 Å². The van der Waals surface area contributed by atoms with Gasteiger partial charge >= 0.3 is 6.03 Å². The van der Waals surface area contributed by atoms with Crippen molar-refractivity contribution in [3.05, 3.63) is 87.4 Å². The van der Waals surface area contributed by atoms with Gasteiger partial charge in [-0.05, 0) is 73.5 Å². The molecule has 1 atom stereocenters. The van der Waals surface area contributed by atoms with Gasteiger partial charge in [-0.15, -0.1) is 0 Å². The van der Waals surface area contributed by atoms with Crippen LogP contribution in [0.3, 0.4) is 0 Å². The molecule has 0 fully saturated rings. The number of hydrogen-bond acceptors (Lipinski definition) is 4. The Bertz CT molecular complexity index is 1200. The lowest BCUT2D eigenvalue weighted by molar-refractivity contribution is -0.140. The maximum atomic E-state index is 13.5. The second kappa shape index (κ2) is 10.0. The number of halogens is 2. The van der Waals surface area contributed by atoms with E-state index in [1.807, 2.05) is 19.1 Å². The molecule has 1 unspecified atom stereocenters. The van der Waals surface area contributed by atoms with Crippen molar-refractivity contribution in [2.45, 2.75) is 19.1 Å². The number of ether oxygens (including phenoxy) is 1. The fourth-order valence-corrected chi connectivity index (χ4v) is 4.32. The molecule has 7 nitrogen and oxygen atoms in total. The van der Waals surface area contributed by atoms with Crippen LogP contribution in [0.25, 0.3) is 0 Å². The standard InChI is InChI=1S/C25H23BrClN3O4/c1-2-34-20-10-8-19(9-11-20)30-24(32)29-22-12-5-17(26)15-21(22)25(30,33)23(31)28-14-13-16-3-6-18(27)7-4-16/h3-12,15,33H,2,13-14H2,1H3,(H,28,31)(H,29,32). The van der Waals surface area contributed by atoms with Crippen molar-refractivity contribution in [2.75, 3.05) is 23.4 Å². The Balaban J connectivity index is 1.67. The molecule has 3 aromatic rings. The highest BCUT2D eigenvalue weighted by Gasteiger charge is 2.52. The SMILES string of the molecule is CCOc1ccc(N2C(=O)Nc3ccc(Br)cc3C2(O)C(=O)NCCc2ccc(Cl)cc2)cc1. The lowest BCUT2D eigenvalue weighted by Crippen LogP contribution is -2.62. The first kappa shape index (κ1) is 24.1. The minimum atomic E-state index is -2.28. The van der Waals surface area contributed by atoms with Crippen molar-refractivity contribution in [3.8, 4) is 5.75 Å². The molecule has 0 aromatic heterocycles. The Kier molecular flexibility index (Phi) is 7.11. The fourth-order valence-electron chi connectivity index (χ4n) is 3.83. The summed E-state index contributed by atoms with van der Waals surface area (Å²) in [7, 11) is 0. The first-order valence-corrected chi connectivity index (χ1v) is 11.9. The molecule has 1 aliphatic heterocycles. The number of nitrogens with one attached hydrogen (secondary N) is 2. The van der Waals surface area contributed by atoms with Crippen LogP contribution in [0.1, 0.15) is 18.1 Å². The number of anilines is 2. The molecule has 0 saturated carbocycles. The van der Waals surface area contributed by atoms with Crippen LogP contribution in [-0.4, -0.2) is 30.2 Å². The van der Waals surface area contributed by atoms with Crippen molar-refractivity contribution in [1.29, 1.82) is 0 Å². The second-order valence-corrected chi connectivity index (χ2v) is 9.04. The highest BCUT2D eigenvalue weighted by molar-refractivity contribution is 9.10. The van der Waals surface area contributed by atoms with E-state index in [0.29, 0.717) is 39.6 Å². The number of carbonyl (C=O) groups excluding carboxylic acids is 2. The number of aliphatic hydroxyl groups is 1. The number of amides is 3. The molecule has 0 bridgehead atoms. The van der Waals surface area contributed by atoms with E-state index in [9.17, 15) is 14.7 Å². The summed E-state index contributed by atoms with van der Waals surface area (Å²) in [6.45, 7) is 2.61. The molecule has 3 N–H and O–H groups in total. The highest BCUT2D eigenvalue weighted by Crippen LogP contribution is 2.41. The zero-order valence-corrected chi connectivity index (χ0v) is 20.7. The van der Waals surface area contributed by atoms with Gasteiger partial charge in [-0.3, -0.25) is 9.69 Å². The van der Waals surface area contributed by atoms with Crippen LogP contribution in [0.15, 0.2) is 71.2 Å². The molecule has 1 aliphatic rings. The molecule has 4 rings (SSSR count). The van der Waals surface area contributed by atoms with Gasteiger partial charge < -0.3 is 20.5 Å². The molecule has 9 heteroatoms. The topological polar surface area (TPSA) is 90.9 Å². The maximum absolute atomic E-state index is 13.5. The summed E-state index contributed by atoms with van der Waals surface area (Å²) in [5, 5.41) is 18.1. The summed E-state index contributed by atoms with van der Waals surface area (Å²) < 4.78 is 6.13. The van der Waals surface area contributed by atoms with E-state index < -0.39 is 17.7 Å². The number of carbonyl (C=O) groups is 2. The number of benzene rings is 3. The predicted molar refractivity (Wildman–Crippen MR) is 135 cm³/mol. The highest BCUT2D eigenvalue weighted by atomic mass is 79.9. The smallest absolute Gasteiger partial charge is 0.329 e. The average Bonchev–Trinajstić information content (AvgIpc) is 2.82. The number of urea groups is 1. The van der Waals surface area contributed by atoms with Gasteiger partial charge in [-0.25, -0.2) is 4.79 Å². The van der Waals surface area contributed by atoms with Crippen molar-refractivity contribution in [3.63, 3.8) is 0 Å². The first-order chi connectivity index (χ1) is 16.3. The van der Waals surface area contributed by atoms with Crippen LogP contribution in [-0.2, 0) is 16.9 Å². The number of hydrogen-bond donors (Lipinski definition) is 3. The van der Waals surface area contributed by atoms with E-state index in [0.717, 1.165) is 10.5 Å². The Morgan fingerprint density at radius 2 is 1.85 bits per heavy atom. The van der Waals surface area contributed by atoms with Crippen LogP contribution < -0.4 is 20.3 Å². The molecule has 176 valence electrons. The molecule has 0 radical (unpaired) electrons. The first-order valence-electron chi connectivity index (χ1n) is 10.7. The zero-order chi connectivity index (χ0) is 24.3. The molecular weight excluding hydrogens is 522 g/mol. The molecule has 1 heterocycles. The molecular formula is C25H23BrClN3O4. The monoisotopic (exact) mass is 543 g/mol. The van der Waals surface area contributed by atoms with Crippen LogP contribution >= 0.6 is 27.5 Å². The average molecular weight is 545 g/mol. The summed E-state index contributed by atoms with van der Waals surface area (Å²) in [6, 6.07) is 18.3. The fraction of sp³-hybridized carbons (Fsp3) is 0.200. The Morgan fingerprint density at radius 3 is 2.53 bits per heavy atom. The molecule has 0 spiro atoms. The van der Waals surface area contributed by atoms with Crippen LogP contribution in [0, 0.1) is 0 Å². The van der Waals surface area contributed by atoms with Gasteiger partial charge in [0.15, 0.2) is 0 Å². The lowest BCUT2D eigenvalue weighted by atomic mass is 9.94. The largest absolute Gasteiger partial charge is 0.494 e. The Labute approximate surface area is 210 Å². The molecule has 0 aliphatic carbocycles. The summed E-state index contributed by atoms with van der Waals surface area (Å²) in [5.74, 6) is -0.104. The molecule has 0 saturated heterocycles. The second-order valence-electron chi connectivity index (χ2n) is 7.69. The van der Waals surface area contributed by atoms with Crippen molar-refractivity contribution < 1.29 is 19.4 Å². The molecule has 3 aromatic carbocycles.